The van der Waals surface area contributed by atoms with Gasteiger partial charge >= 0.3 is 5.97 Å². The summed E-state index contributed by atoms with van der Waals surface area (Å²) >= 11 is 0. The molecule has 0 amide bonds. The van der Waals surface area contributed by atoms with Gasteiger partial charge in [0.15, 0.2) is 6.61 Å². The summed E-state index contributed by atoms with van der Waals surface area (Å²) in [4.78, 5) is 29.4. The van der Waals surface area contributed by atoms with E-state index in [4.69, 9.17) is 30.6 Å². The average molecular weight is 563 g/mol. The first-order valence-electron chi connectivity index (χ1n) is 14.3. The third-order valence-electron chi connectivity index (χ3n) is 7.24. The molecule has 1 atom stereocenters. The Morgan fingerprint density at radius 1 is 0.950 bits per heavy atom. The molecule has 1 aliphatic carbocycles. The van der Waals surface area contributed by atoms with Crippen molar-refractivity contribution in [2.45, 2.75) is 89.2 Å². The van der Waals surface area contributed by atoms with Crippen molar-refractivity contribution in [3.8, 4) is 0 Å². The lowest BCUT2D eigenvalue weighted by atomic mass is 9.87. The van der Waals surface area contributed by atoms with E-state index in [0.29, 0.717) is 13.0 Å². The van der Waals surface area contributed by atoms with Crippen LogP contribution in [0.4, 0.5) is 0 Å². The third kappa shape index (κ3) is 11.8. The molecule has 1 heterocycles. The maximum Gasteiger partial charge on any atom is 0.345 e. The Morgan fingerprint density at radius 3 is 2.10 bits per heavy atom. The summed E-state index contributed by atoms with van der Waals surface area (Å²) in [6, 6.07) is 9.97. The summed E-state index contributed by atoms with van der Waals surface area (Å²) in [6.45, 7) is -1.06. The van der Waals surface area contributed by atoms with Crippen molar-refractivity contribution in [2.24, 2.45) is 16.8 Å². The summed E-state index contributed by atoms with van der Waals surface area (Å²) in [7, 11) is 0. The lowest BCUT2D eigenvalue weighted by Crippen LogP contribution is -2.50. The van der Waals surface area contributed by atoms with Crippen molar-refractivity contribution in [3.63, 3.8) is 0 Å². The molecule has 1 saturated heterocycles. The molecule has 0 spiro atoms. The van der Waals surface area contributed by atoms with E-state index in [1.54, 1.807) is 0 Å². The Bertz CT molecular complexity index is 933. The normalized spacial score (nSPS) is 21.5. The summed E-state index contributed by atoms with van der Waals surface area (Å²) in [5.74, 6) is -1.16. The molecule has 40 heavy (non-hydrogen) atoms. The molecule has 1 aromatic carbocycles. The van der Waals surface area contributed by atoms with E-state index < -0.39 is 37.1 Å². The molecule has 6 N–H and O–H groups in total. The number of ketones is 1. The molecule has 3 rings (SSSR count). The van der Waals surface area contributed by atoms with Gasteiger partial charge in [-0.25, -0.2) is 4.79 Å². The van der Waals surface area contributed by atoms with Gasteiger partial charge in [0.05, 0.1) is 31.1 Å². The number of aliphatic hydroxyl groups is 4. The minimum absolute atomic E-state index is 0.153. The molecule has 224 valence electrons. The highest BCUT2D eigenvalue weighted by Crippen LogP contribution is 2.26. The number of esters is 1. The first-order valence-corrected chi connectivity index (χ1v) is 14.3. The van der Waals surface area contributed by atoms with Crippen LogP contribution in [0.5, 0.6) is 0 Å². The smallest absolute Gasteiger partial charge is 0.345 e. The number of nitrogens with zero attached hydrogens (tertiary/aromatic N) is 1. The van der Waals surface area contributed by atoms with E-state index in [0.717, 1.165) is 37.0 Å². The summed E-state index contributed by atoms with van der Waals surface area (Å²) in [6.07, 6.45) is 12.4. The minimum atomic E-state index is -1.21. The van der Waals surface area contributed by atoms with Gasteiger partial charge in [-0.2, -0.15) is 0 Å². The van der Waals surface area contributed by atoms with E-state index in [9.17, 15) is 14.7 Å². The first-order chi connectivity index (χ1) is 19.3. The van der Waals surface area contributed by atoms with Gasteiger partial charge in [0.1, 0.15) is 17.9 Å². The fourth-order valence-corrected chi connectivity index (χ4v) is 4.58. The number of ether oxygens (including phenoxy) is 1. The molecule has 0 bridgehead atoms. The Hall–Kier alpha value is -2.79. The highest BCUT2D eigenvalue weighted by atomic mass is 16.6. The number of nitrogens with two attached hydrogens (primary N) is 1. The van der Waals surface area contributed by atoms with Crippen molar-refractivity contribution in [3.05, 3.63) is 47.2 Å². The van der Waals surface area contributed by atoms with E-state index in [2.05, 4.69) is 5.16 Å². The van der Waals surface area contributed by atoms with Gasteiger partial charge in [0.25, 0.3) is 0 Å². The number of oxime groups is 1. The van der Waals surface area contributed by atoms with Crippen LogP contribution in [-0.2, 0) is 25.8 Å². The molecule has 10 heteroatoms. The predicted octanol–water partition coefficient (Wildman–Crippen LogP) is 3.47. The summed E-state index contributed by atoms with van der Waals surface area (Å²) in [5, 5.41) is 40.0. The third-order valence-corrected chi connectivity index (χ3v) is 7.24. The molecule has 1 aliphatic heterocycles. The summed E-state index contributed by atoms with van der Waals surface area (Å²) < 4.78 is 4.75. The maximum atomic E-state index is 11.9. The quantitative estimate of drug-likeness (QED) is 0.0993. The average Bonchev–Trinajstić information content (AvgIpc) is 3.31. The number of benzene rings is 1. The van der Waals surface area contributed by atoms with Crippen molar-refractivity contribution in [1.29, 1.82) is 0 Å². The molecular weight excluding hydrogens is 516 g/mol. The first kappa shape index (κ1) is 33.4. The highest BCUT2D eigenvalue weighted by Gasteiger charge is 2.32. The van der Waals surface area contributed by atoms with E-state index in [-0.39, 0.29) is 30.3 Å². The number of allylic oxidation sites excluding steroid dienone is 1. The Balaban J connectivity index is 0.000000611. The van der Waals surface area contributed by atoms with Crippen molar-refractivity contribution >= 4 is 17.5 Å². The molecule has 10 nitrogen and oxygen atoms in total. The maximum absolute atomic E-state index is 11.9. The number of cyclic esters (lactones) is 1. The van der Waals surface area contributed by atoms with E-state index in [1.165, 1.54) is 38.5 Å². The second-order valence-corrected chi connectivity index (χ2v) is 10.6. The molecule has 1 aromatic rings. The van der Waals surface area contributed by atoms with Crippen LogP contribution < -0.4 is 5.73 Å². The molecule has 1 saturated carbocycles. The number of hydrogen-bond acceptors (Lipinski definition) is 10. The van der Waals surface area contributed by atoms with E-state index >= 15 is 0 Å². The van der Waals surface area contributed by atoms with Crippen molar-refractivity contribution in [1.82, 2.24) is 0 Å². The number of Topliss-reactive ketones (excluding diaryl/α,β-unsaturated/α-hetero) is 1. The van der Waals surface area contributed by atoms with Crippen LogP contribution in [0.3, 0.4) is 0 Å². The largest absolute Gasteiger partial charge is 0.511 e. The van der Waals surface area contributed by atoms with Gasteiger partial charge in [0.2, 0.25) is 5.78 Å². The molecule has 0 aromatic heterocycles. The highest BCUT2D eigenvalue weighted by molar-refractivity contribution is 6.22. The number of aliphatic hydroxyl groups excluding tert-OH is 4. The fraction of sp³-hybridized carbons (Fsp3) is 0.633. The van der Waals surface area contributed by atoms with Crippen molar-refractivity contribution in [2.75, 3.05) is 26.4 Å². The molecule has 2 fully saturated rings. The Morgan fingerprint density at radius 2 is 1.55 bits per heavy atom. The second kappa shape index (κ2) is 18.5. The van der Waals surface area contributed by atoms with Gasteiger partial charge in [-0.15, -0.1) is 0 Å². The van der Waals surface area contributed by atoms with Gasteiger partial charge in [-0.1, -0.05) is 80.4 Å². The van der Waals surface area contributed by atoms with Gasteiger partial charge in [-0.05, 0) is 31.2 Å². The Labute approximate surface area is 236 Å². The molecule has 2 aliphatic rings. The minimum Gasteiger partial charge on any atom is -0.511 e. The Kier molecular flexibility index (Phi) is 15.5. The lowest BCUT2D eigenvalue weighted by Gasteiger charge is -2.20. The predicted molar refractivity (Wildman–Crippen MR) is 151 cm³/mol. The van der Waals surface area contributed by atoms with E-state index in [1.807, 2.05) is 30.3 Å². The zero-order valence-corrected chi connectivity index (χ0v) is 23.4. The van der Waals surface area contributed by atoms with Crippen LogP contribution >= 0.6 is 0 Å². The number of carbonyl (C=O) groups excluding carboxylic acids is 2. The van der Waals surface area contributed by atoms with Gasteiger partial charge in [-0.3, -0.25) is 4.79 Å². The molecule has 0 radical (unpaired) electrons. The number of rotatable bonds is 9. The van der Waals surface area contributed by atoms with Crippen molar-refractivity contribution < 1.29 is 39.6 Å². The van der Waals surface area contributed by atoms with Crippen LogP contribution in [0, 0.1) is 5.92 Å². The zero-order chi connectivity index (χ0) is 29.2. The summed E-state index contributed by atoms with van der Waals surface area (Å²) in [5.41, 5.74) is 5.85. The standard InChI is InChI=1S/C26H35NO5.C4H11NO3/c28-23(25-24(29)19-31-26(25)30)17-16-21-14-10-5-3-1-2-4-6-11-15-22(21)27-32-18-20-12-8-7-9-13-20;5-4(1-6,2-7)3-8/h7-9,12-13,21,28H,1-6,10-11,14-19H2;6-8H,1-3,5H2/b25-23+,27-22-;. The fourth-order valence-electron chi connectivity index (χ4n) is 4.58. The van der Waals surface area contributed by atoms with Gasteiger partial charge in [0, 0.05) is 12.3 Å². The monoisotopic (exact) mass is 562 g/mol. The van der Waals surface area contributed by atoms with Gasteiger partial charge < -0.3 is 35.7 Å². The second-order valence-electron chi connectivity index (χ2n) is 10.6. The van der Waals surface area contributed by atoms with Crippen LogP contribution in [0.25, 0.3) is 0 Å². The van der Waals surface area contributed by atoms with Crippen LogP contribution in [-0.4, -0.2) is 69.9 Å². The lowest BCUT2D eigenvalue weighted by molar-refractivity contribution is -0.135. The topological polar surface area (TPSA) is 172 Å². The molecule has 1 unspecified atom stereocenters. The molecular formula is C30H46N2O8. The van der Waals surface area contributed by atoms with Crippen LogP contribution in [0.2, 0.25) is 0 Å². The zero-order valence-electron chi connectivity index (χ0n) is 23.4. The number of hydrogen-bond donors (Lipinski definition) is 5. The van der Waals surface area contributed by atoms with Crippen LogP contribution in [0.15, 0.2) is 46.8 Å². The van der Waals surface area contributed by atoms with Crippen LogP contribution in [0.1, 0.15) is 82.6 Å². The SMILES string of the molecule is NC(CO)(CO)CO.O=C1COC(=O)/C1=C(/O)CCC1CCCCCCCCCC/C1=N/OCc1ccccc1. The number of carbonyl (C=O) groups is 2.